The minimum absolute atomic E-state index is 0.0684. The van der Waals surface area contributed by atoms with Crippen molar-refractivity contribution in [2.45, 2.75) is 32.8 Å². The van der Waals surface area contributed by atoms with Crippen LogP contribution in [0.2, 0.25) is 0 Å². The molecule has 0 aromatic carbocycles. The number of ether oxygens (including phenoxy) is 1. The minimum Gasteiger partial charge on any atom is -0.377 e. The van der Waals surface area contributed by atoms with E-state index in [0.717, 1.165) is 12.8 Å². The average Bonchev–Trinajstić information content (AvgIpc) is 2.43. The van der Waals surface area contributed by atoms with Crippen LogP contribution in [0.1, 0.15) is 26.7 Å². The predicted octanol–water partition coefficient (Wildman–Crippen LogP) is 0.837. The summed E-state index contributed by atoms with van der Waals surface area (Å²) in [6.45, 7) is 5.50. The van der Waals surface area contributed by atoms with Crippen molar-refractivity contribution in [2.75, 3.05) is 25.4 Å². The molecule has 0 bridgehead atoms. The molecule has 1 heterocycles. The Hall–Kier alpha value is -0.130. The monoisotopic (exact) mass is 221 g/mol. The van der Waals surface area contributed by atoms with E-state index in [4.69, 9.17) is 4.74 Å². The van der Waals surface area contributed by atoms with Crippen molar-refractivity contribution < 1.29 is 13.2 Å². The zero-order valence-corrected chi connectivity index (χ0v) is 9.72. The molecule has 1 fully saturated rings. The number of nitrogens with zero attached hydrogens (tertiary/aromatic N) is 1. The molecule has 1 aliphatic rings. The van der Waals surface area contributed by atoms with Gasteiger partial charge >= 0.3 is 0 Å². The van der Waals surface area contributed by atoms with Crippen LogP contribution in [0.15, 0.2) is 0 Å². The SMILES string of the molecule is CCC1CN(S(=O)(=O)CC)CCCO1. The molecule has 5 heteroatoms. The third-order valence-corrected chi connectivity index (χ3v) is 4.37. The highest BCUT2D eigenvalue weighted by Gasteiger charge is 2.25. The van der Waals surface area contributed by atoms with Crippen molar-refractivity contribution in [2.24, 2.45) is 0 Å². The number of hydrogen-bond acceptors (Lipinski definition) is 3. The summed E-state index contributed by atoms with van der Waals surface area (Å²) < 4.78 is 30.4. The topological polar surface area (TPSA) is 46.6 Å². The second-order valence-corrected chi connectivity index (χ2v) is 5.77. The smallest absolute Gasteiger partial charge is 0.213 e. The molecule has 0 amide bonds. The summed E-state index contributed by atoms with van der Waals surface area (Å²) in [6, 6.07) is 0. The van der Waals surface area contributed by atoms with Gasteiger partial charge in [0.15, 0.2) is 0 Å². The Morgan fingerprint density at radius 3 is 2.71 bits per heavy atom. The maximum absolute atomic E-state index is 11.6. The van der Waals surface area contributed by atoms with Gasteiger partial charge in [-0.1, -0.05) is 6.92 Å². The molecule has 14 heavy (non-hydrogen) atoms. The summed E-state index contributed by atoms with van der Waals surface area (Å²) in [4.78, 5) is 0. The van der Waals surface area contributed by atoms with Crippen molar-refractivity contribution in [3.05, 3.63) is 0 Å². The van der Waals surface area contributed by atoms with Crippen LogP contribution in [-0.4, -0.2) is 44.3 Å². The van der Waals surface area contributed by atoms with Crippen LogP contribution >= 0.6 is 0 Å². The molecule has 0 saturated carbocycles. The van der Waals surface area contributed by atoms with Gasteiger partial charge in [0, 0.05) is 19.7 Å². The lowest BCUT2D eigenvalue weighted by molar-refractivity contribution is 0.0593. The van der Waals surface area contributed by atoms with E-state index in [9.17, 15) is 8.42 Å². The third kappa shape index (κ3) is 2.93. The van der Waals surface area contributed by atoms with Gasteiger partial charge < -0.3 is 4.74 Å². The molecule has 4 nitrogen and oxygen atoms in total. The fourth-order valence-electron chi connectivity index (χ4n) is 1.54. The second-order valence-electron chi connectivity index (χ2n) is 3.51. The zero-order valence-electron chi connectivity index (χ0n) is 8.90. The molecule has 1 atom stereocenters. The quantitative estimate of drug-likeness (QED) is 0.709. The summed E-state index contributed by atoms with van der Waals surface area (Å²) in [6.07, 6.45) is 1.74. The normalized spacial score (nSPS) is 26.0. The molecule has 1 rings (SSSR count). The lowest BCUT2D eigenvalue weighted by atomic mass is 10.3. The predicted molar refractivity (Wildman–Crippen MR) is 55.7 cm³/mol. The van der Waals surface area contributed by atoms with Crippen LogP contribution in [0.5, 0.6) is 0 Å². The van der Waals surface area contributed by atoms with Gasteiger partial charge in [-0.2, -0.15) is 4.31 Å². The van der Waals surface area contributed by atoms with Gasteiger partial charge in [-0.25, -0.2) is 8.42 Å². The molecule has 1 unspecified atom stereocenters. The first-order chi connectivity index (χ1) is 6.60. The summed E-state index contributed by atoms with van der Waals surface area (Å²) in [5.74, 6) is 0.184. The molecule has 0 N–H and O–H groups in total. The molecule has 0 aliphatic carbocycles. The third-order valence-electron chi connectivity index (χ3n) is 2.53. The van der Waals surface area contributed by atoms with Gasteiger partial charge in [0.05, 0.1) is 11.9 Å². The van der Waals surface area contributed by atoms with Crippen LogP contribution in [-0.2, 0) is 14.8 Å². The lowest BCUT2D eigenvalue weighted by Crippen LogP contribution is -2.37. The van der Waals surface area contributed by atoms with Crippen molar-refractivity contribution in [3.63, 3.8) is 0 Å². The van der Waals surface area contributed by atoms with Crippen LogP contribution in [0.25, 0.3) is 0 Å². The first-order valence-electron chi connectivity index (χ1n) is 5.19. The summed E-state index contributed by atoms with van der Waals surface area (Å²) in [7, 11) is -3.03. The number of rotatable bonds is 3. The average molecular weight is 221 g/mol. The van der Waals surface area contributed by atoms with Crippen molar-refractivity contribution in [1.82, 2.24) is 4.31 Å². The number of sulfonamides is 1. The lowest BCUT2D eigenvalue weighted by Gasteiger charge is -2.21. The fourth-order valence-corrected chi connectivity index (χ4v) is 2.71. The van der Waals surface area contributed by atoms with E-state index >= 15 is 0 Å². The highest BCUT2D eigenvalue weighted by Crippen LogP contribution is 2.12. The van der Waals surface area contributed by atoms with E-state index in [0.29, 0.717) is 19.7 Å². The van der Waals surface area contributed by atoms with E-state index in [2.05, 4.69) is 0 Å². The fraction of sp³-hybridized carbons (Fsp3) is 1.00. The van der Waals surface area contributed by atoms with Crippen molar-refractivity contribution in [3.8, 4) is 0 Å². The Morgan fingerprint density at radius 2 is 2.14 bits per heavy atom. The highest BCUT2D eigenvalue weighted by atomic mass is 32.2. The van der Waals surface area contributed by atoms with Crippen molar-refractivity contribution >= 4 is 10.0 Å². The van der Waals surface area contributed by atoms with Crippen LogP contribution in [0.3, 0.4) is 0 Å². The van der Waals surface area contributed by atoms with Crippen LogP contribution < -0.4 is 0 Å². The van der Waals surface area contributed by atoms with E-state index in [-0.39, 0.29) is 11.9 Å². The second kappa shape index (κ2) is 5.09. The maximum Gasteiger partial charge on any atom is 0.213 e. The van der Waals surface area contributed by atoms with Gasteiger partial charge in [-0.3, -0.25) is 0 Å². The molecular weight excluding hydrogens is 202 g/mol. The van der Waals surface area contributed by atoms with E-state index in [1.165, 1.54) is 0 Å². The Kier molecular flexibility index (Phi) is 4.34. The molecule has 84 valence electrons. The van der Waals surface area contributed by atoms with Gasteiger partial charge in [0.2, 0.25) is 10.0 Å². The van der Waals surface area contributed by atoms with E-state index in [1.807, 2.05) is 6.92 Å². The molecule has 0 aromatic heterocycles. The first-order valence-corrected chi connectivity index (χ1v) is 6.80. The summed E-state index contributed by atoms with van der Waals surface area (Å²) >= 11 is 0. The van der Waals surface area contributed by atoms with Crippen LogP contribution in [0, 0.1) is 0 Å². The van der Waals surface area contributed by atoms with Crippen LogP contribution in [0.4, 0.5) is 0 Å². The molecule has 0 spiro atoms. The summed E-state index contributed by atoms with van der Waals surface area (Å²) in [5, 5.41) is 0. The highest BCUT2D eigenvalue weighted by molar-refractivity contribution is 7.89. The first kappa shape index (κ1) is 11.9. The maximum atomic E-state index is 11.6. The van der Waals surface area contributed by atoms with Crippen molar-refractivity contribution in [1.29, 1.82) is 0 Å². The van der Waals surface area contributed by atoms with Gasteiger partial charge in [-0.05, 0) is 19.8 Å². The Labute approximate surface area is 86.3 Å². The van der Waals surface area contributed by atoms with Gasteiger partial charge in [-0.15, -0.1) is 0 Å². The minimum atomic E-state index is -3.03. The molecule has 0 aromatic rings. The van der Waals surface area contributed by atoms with E-state index in [1.54, 1.807) is 11.2 Å². The molecular formula is C9H19NO3S. The van der Waals surface area contributed by atoms with Gasteiger partial charge in [0.25, 0.3) is 0 Å². The molecule has 0 radical (unpaired) electrons. The number of hydrogen-bond donors (Lipinski definition) is 0. The molecule has 1 saturated heterocycles. The largest absolute Gasteiger partial charge is 0.377 e. The Morgan fingerprint density at radius 1 is 1.43 bits per heavy atom. The van der Waals surface area contributed by atoms with Gasteiger partial charge in [0.1, 0.15) is 0 Å². The zero-order chi connectivity index (χ0) is 10.6. The Balaban J connectivity index is 2.68. The standard InChI is InChI=1S/C9H19NO3S/c1-3-9-8-10(6-5-7-13-9)14(11,12)4-2/h9H,3-8H2,1-2H3. The Bertz CT molecular complexity index is 263. The van der Waals surface area contributed by atoms with E-state index < -0.39 is 10.0 Å². The molecule has 1 aliphatic heterocycles. The summed E-state index contributed by atoms with van der Waals surface area (Å²) in [5.41, 5.74) is 0.